The summed E-state index contributed by atoms with van der Waals surface area (Å²) in [5.74, 6) is 0.652. The summed E-state index contributed by atoms with van der Waals surface area (Å²) in [6, 6.07) is 6.50. The fraction of sp³-hybridized carbons (Fsp3) is 0.586. The minimum Gasteiger partial charge on any atom is -0.335 e. The van der Waals surface area contributed by atoms with Crippen LogP contribution in [0.5, 0.6) is 0 Å². The van der Waals surface area contributed by atoms with Crippen LogP contribution in [-0.4, -0.2) is 77.7 Å². The number of hydrogen-bond acceptors (Lipinski definition) is 7. The van der Waals surface area contributed by atoms with E-state index in [0.29, 0.717) is 28.0 Å². The van der Waals surface area contributed by atoms with Crippen molar-refractivity contribution in [3.05, 3.63) is 46.2 Å². The molecule has 212 valence electrons. The van der Waals surface area contributed by atoms with Crippen molar-refractivity contribution in [3.8, 4) is 0 Å². The lowest BCUT2D eigenvalue weighted by molar-refractivity contribution is -0.117. The summed E-state index contributed by atoms with van der Waals surface area (Å²) in [6.45, 7) is 10.2. The molecule has 2 aliphatic rings. The molecule has 3 atom stereocenters. The van der Waals surface area contributed by atoms with Crippen LogP contribution < -0.4 is 10.6 Å². The van der Waals surface area contributed by atoms with Crippen LogP contribution in [-0.2, 0) is 11.2 Å². The molecule has 2 fully saturated rings. The first-order valence-corrected chi connectivity index (χ1v) is 14.7. The Kier molecular flexibility index (Phi) is 10.2. The number of ketones is 2. The standard InChI is InChI=1S/C29H40FN5O3S/c1-19(36)10-13-34-14-11-26(32-28(38)33-29-31-20(2)27(39-29)21(3)37)24(17-34)18-35-12-4-5-23(16-35)15-22-6-8-25(30)9-7-22/h6-9,23-24,26H,4-5,10-18H2,1-3H3,(H2,31,32,33,38)/t23-,24+,26+/m0/s1. The van der Waals surface area contributed by atoms with Gasteiger partial charge >= 0.3 is 6.03 Å². The van der Waals surface area contributed by atoms with Gasteiger partial charge in [-0.05, 0) is 69.7 Å². The van der Waals surface area contributed by atoms with Gasteiger partial charge in [0.05, 0.1) is 10.6 Å². The van der Waals surface area contributed by atoms with Crippen molar-refractivity contribution in [1.82, 2.24) is 20.1 Å². The average Bonchev–Trinajstić information content (AvgIpc) is 3.25. The summed E-state index contributed by atoms with van der Waals surface area (Å²) in [7, 11) is 0. The molecule has 0 saturated carbocycles. The fourth-order valence-electron chi connectivity index (χ4n) is 5.85. The third-order valence-electron chi connectivity index (χ3n) is 7.78. The van der Waals surface area contributed by atoms with Gasteiger partial charge in [-0.1, -0.05) is 23.5 Å². The number of aryl methyl sites for hydroxylation is 1. The van der Waals surface area contributed by atoms with Crippen LogP contribution in [0.3, 0.4) is 0 Å². The summed E-state index contributed by atoms with van der Waals surface area (Å²) in [6.07, 6.45) is 4.55. The van der Waals surface area contributed by atoms with Gasteiger partial charge < -0.3 is 15.1 Å². The van der Waals surface area contributed by atoms with Crippen molar-refractivity contribution >= 4 is 34.1 Å². The van der Waals surface area contributed by atoms with E-state index in [0.717, 1.165) is 70.5 Å². The van der Waals surface area contributed by atoms with Crippen LogP contribution in [0.1, 0.15) is 60.5 Å². The highest BCUT2D eigenvalue weighted by molar-refractivity contribution is 7.17. The molecule has 0 radical (unpaired) electrons. The van der Waals surface area contributed by atoms with E-state index < -0.39 is 0 Å². The predicted octanol–water partition coefficient (Wildman–Crippen LogP) is 4.54. The van der Waals surface area contributed by atoms with Gasteiger partial charge in [0.2, 0.25) is 0 Å². The molecular weight excluding hydrogens is 517 g/mol. The van der Waals surface area contributed by atoms with E-state index >= 15 is 0 Å². The zero-order chi connectivity index (χ0) is 27.9. The number of halogens is 1. The lowest BCUT2D eigenvalue weighted by Crippen LogP contribution is -2.55. The van der Waals surface area contributed by atoms with Gasteiger partial charge in [0.25, 0.3) is 0 Å². The first-order chi connectivity index (χ1) is 18.7. The van der Waals surface area contributed by atoms with Gasteiger partial charge in [0.15, 0.2) is 10.9 Å². The van der Waals surface area contributed by atoms with Crippen molar-refractivity contribution < 1.29 is 18.8 Å². The van der Waals surface area contributed by atoms with Crippen molar-refractivity contribution in [3.63, 3.8) is 0 Å². The lowest BCUT2D eigenvalue weighted by atomic mass is 9.88. The largest absolute Gasteiger partial charge is 0.335 e. The Morgan fingerprint density at radius 1 is 1.08 bits per heavy atom. The summed E-state index contributed by atoms with van der Waals surface area (Å²) in [5.41, 5.74) is 1.79. The zero-order valence-corrected chi connectivity index (χ0v) is 24.0. The highest BCUT2D eigenvalue weighted by atomic mass is 32.1. The number of thiazole rings is 1. The van der Waals surface area contributed by atoms with E-state index in [-0.39, 0.29) is 35.4 Å². The van der Waals surface area contributed by atoms with Gasteiger partial charge in [-0.25, -0.2) is 14.2 Å². The van der Waals surface area contributed by atoms with Gasteiger partial charge in [0, 0.05) is 58.0 Å². The third kappa shape index (κ3) is 8.65. The summed E-state index contributed by atoms with van der Waals surface area (Å²) in [4.78, 5) is 46.1. The van der Waals surface area contributed by atoms with Crippen molar-refractivity contribution in [2.45, 2.75) is 58.9 Å². The lowest BCUT2D eigenvalue weighted by Gasteiger charge is -2.42. The first-order valence-electron chi connectivity index (χ1n) is 13.9. The third-order valence-corrected chi connectivity index (χ3v) is 8.96. The van der Waals surface area contributed by atoms with E-state index in [2.05, 4.69) is 25.4 Å². The van der Waals surface area contributed by atoms with Gasteiger partial charge in [0.1, 0.15) is 11.6 Å². The van der Waals surface area contributed by atoms with Gasteiger partial charge in [-0.3, -0.25) is 14.9 Å². The number of amides is 2. The van der Waals surface area contributed by atoms with Crippen LogP contribution in [0.25, 0.3) is 0 Å². The Labute approximate surface area is 234 Å². The van der Waals surface area contributed by atoms with Crippen LogP contribution in [0, 0.1) is 24.6 Å². The van der Waals surface area contributed by atoms with E-state index in [1.54, 1.807) is 13.8 Å². The molecule has 0 bridgehead atoms. The molecule has 1 aromatic heterocycles. The second-order valence-electron chi connectivity index (χ2n) is 11.1. The molecule has 2 aliphatic heterocycles. The van der Waals surface area contributed by atoms with Gasteiger partial charge in [-0.2, -0.15) is 0 Å². The second-order valence-corrected chi connectivity index (χ2v) is 12.1. The number of carbonyl (C=O) groups is 3. The van der Waals surface area contributed by atoms with Crippen LogP contribution in [0.15, 0.2) is 24.3 Å². The molecule has 39 heavy (non-hydrogen) atoms. The number of hydrogen-bond donors (Lipinski definition) is 2. The molecule has 2 N–H and O–H groups in total. The smallest absolute Gasteiger partial charge is 0.321 e. The quantitative estimate of drug-likeness (QED) is 0.417. The molecule has 2 saturated heterocycles. The van der Waals surface area contributed by atoms with Crippen LogP contribution >= 0.6 is 11.3 Å². The molecule has 4 rings (SSSR count). The molecule has 10 heteroatoms. The Hall–Kier alpha value is -2.69. The fourth-order valence-corrected chi connectivity index (χ4v) is 6.71. The molecule has 2 amide bonds. The Balaban J connectivity index is 1.38. The van der Waals surface area contributed by atoms with E-state index in [4.69, 9.17) is 0 Å². The van der Waals surface area contributed by atoms with E-state index in [1.165, 1.54) is 30.4 Å². The Morgan fingerprint density at radius 3 is 2.54 bits per heavy atom. The normalized spacial score (nSPS) is 22.4. The number of likely N-dealkylation sites (tertiary alicyclic amines) is 2. The first kappa shape index (κ1) is 29.3. The Morgan fingerprint density at radius 2 is 1.85 bits per heavy atom. The molecule has 0 aliphatic carbocycles. The van der Waals surface area contributed by atoms with Crippen molar-refractivity contribution in [1.29, 1.82) is 0 Å². The van der Waals surface area contributed by atoms with Crippen LogP contribution in [0.4, 0.5) is 14.3 Å². The molecule has 3 heterocycles. The number of anilines is 1. The highest BCUT2D eigenvalue weighted by Gasteiger charge is 2.33. The van der Waals surface area contributed by atoms with E-state index in [9.17, 15) is 18.8 Å². The number of urea groups is 1. The molecular formula is C29H40FN5O3S. The van der Waals surface area contributed by atoms with Crippen molar-refractivity contribution in [2.24, 2.45) is 11.8 Å². The van der Waals surface area contributed by atoms with E-state index in [1.807, 2.05) is 12.1 Å². The minimum atomic E-state index is -0.307. The predicted molar refractivity (Wildman–Crippen MR) is 152 cm³/mol. The minimum absolute atomic E-state index is 0.00982. The number of rotatable bonds is 10. The average molecular weight is 558 g/mol. The summed E-state index contributed by atoms with van der Waals surface area (Å²) < 4.78 is 13.3. The monoisotopic (exact) mass is 557 g/mol. The topological polar surface area (TPSA) is 94.6 Å². The molecule has 0 spiro atoms. The number of benzene rings is 1. The van der Waals surface area contributed by atoms with Crippen molar-refractivity contribution in [2.75, 3.05) is 44.6 Å². The number of nitrogens with zero attached hydrogens (tertiary/aromatic N) is 3. The molecule has 2 aromatic rings. The maximum atomic E-state index is 13.3. The molecule has 8 nitrogen and oxygen atoms in total. The molecule has 1 aromatic carbocycles. The van der Waals surface area contributed by atoms with Gasteiger partial charge in [-0.15, -0.1) is 0 Å². The Bertz CT molecular complexity index is 1150. The number of nitrogens with one attached hydrogen (secondary N) is 2. The summed E-state index contributed by atoms with van der Waals surface area (Å²) in [5, 5.41) is 6.43. The zero-order valence-electron chi connectivity index (χ0n) is 23.2. The SMILES string of the molecule is CC(=O)CCN1CC[C@@H](NC(=O)Nc2nc(C)c(C(C)=O)s2)[C@@H](CN2CCC[C@@H](Cc3ccc(F)cc3)C2)C1. The van der Waals surface area contributed by atoms with Crippen LogP contribution in [0.2, 0.25) is 0 Å². The number of aromatic nitrogens is 1. The maximum Gasteiger partial charge on any atom is 0.321 e. The second kappa shape index (κ2) is 13.6. The molecule has 0 unspecified atom stereocenters. The number of carbonyl (C=O) groups excluding carboxylic acids is 3. The maximum absolute atomic E-state index is 13.3. The number of piperidine rings is 2. The number of Topliss-reactive ketones (excluding diaryl/α,β-unsaturated/α-hetero) is 2. The summed E-state index contributed by atoms with van der Waals surface area (Å²) >= 11 is 1.20. The highest BCUT2D eigenvalue weighted by Crippen LogP contribution is 2.26.